The molecule has 0 rings (SSSR count). The third-order valence-electron chi connectivity index (χ3n) is 1.99. The Labute approximate surface area is 91.8 Å². The van der Waals surface area contributed by atoms with E-state index in [1.54, 1.807) is 0 Å². The zero-order valence-corrected chi connectivity index (χ0v) is 9.76. The summed E-state index contributed by atoms with van der Waals surface area (Å²) in [6.45, 7) is 2.65. The Morgan fingerprint density at radius 2 is 2.14 bits per heavy atom. The number of hydrogen-bond acceptors (Lipinski definition) is 4. The van der Waals surface area contributed by atoms with Crippen molar-refractivity contribution < 1.29 is 9.53 Å². The minimum absolute atomic E-state index is 0.296. The molecule has 0 aliphatic carbocycles. The van der Waals surface area contributed by atoms with Crippen molar-refractivity contribution in [2.24, 2.45) is 5.73 Å². The van der Waals surface area contributed by atoms with Gasteiger partial charge < -0.3 is 10.5 Å². The fourth-order valence-corrected chi connectivity index (χ4v) is 1.34. The van der Waals surface area contributed by atoms with Gasteiger partial charge in [0.1, 0.15) is 6.04 Å². The van der Waals surface area contributed by atoms with Gasteiger partial charge in [-0.25, -0.2) is 0 Å². The van der Waals surface area contributed by atoms with Crippen LogP contribution < -0.4 is 5.73 Å². The molecule has 0 spiro atoms. The van der Waals surface area contributed by atoms with E-state index in [0.29, 0.717) is 18.8 Å². The molecule has 2 N–H and O–H groups in total. The van der Waals surface area contributed by atoms with Crippen LogP contribution in [-0.2, 0) is 9.53 Å². The molecule has 1 atom stereocenters. The van der Waals surface area contributed by atoms with Gasteiger partial charge in [-0.3, -0.25) is 4.79 Å². The van der Waals surface area contributed by atoms with Gasteiger partial charge in [-0.15, -0.1) is 0 Å². The number of rotatable bonds is 8. The van der Waals surface area contributed by atoms with Crippen LogP contribution in [0, 0.1) is 0 Å². The van der Waals surface area contributed by atoms with Crippen LogP contribution in [0.3, 0.4) is 0 Å². The molecule has 14 heavy (non-hydrogen) atoms. The van der Waals surface area contributed by atoms with Gasteiger partial charge in [0.05, 0.1) is 6.61 Å². The van der Waals surface area contributed by atoms with Crippen LogP contribution in [-0.4, -0.2) is 24.4 Å². The Morgan fingerprint density at radius 3 is 2.71 bits per heavy atom. The van der Waals surface area contributed by atoms with Crippen LogP contribution in [0.1, 0.15) is 39.0 Å². The Hall–Kier alpha value is -0.220. The maximum atomic E-state index is 11.2. The Morgan fingerprint density at radius 1 is 1.43 bits per heavy atom. The second-order valence-electron chi connectivity index (χ2n) is 3.35. The number of thiol groups is 1. The second kappa shape index (κ2) is 9.34. The third kappa shape index (κ3) is 7.21. The van der Waals surface area contributed by atoms with Crippen molar-refractivity contribution >= 4 is 18.6 Å². The molecule has 84 valence electrons. The van der Waals surface area contributed by atoms with Gasteiger partial charge in [0.25, 0.3) is 0 Å². The lowest BCUT2D eigenvalue weighted by atomic mass is 10.2. The topological polar surface area (TPSA) is 52.3 Å². The van der Waals surface area contributed by atoms with E-state index < -0.39 is 6.04 Å². The molecule has 4 heteroatoms. The SMILES string of the molecule is CCCCCCOC(=O)[C@@H](N)CCS. The smallest absolute Gasteiger partial charge is 0.322 e. The van der Waals surface area contributed by atoms with E-state index in [-0.39, 0.29) is 5.97 Å². The molecule has 0 saturated carbocycles. The number of nitrogens with two attached hydrogens (primary N) is 1. The van der Waals surface area contributed by atoms with Gasteiger partial charge in [-0.05, 0) is 18.6 Å². The average Bonchev–Trinajstić information content (AvgIpc) is 2.17. The molecule has 0 saturated heterocycles. The zero-order chi connectivity index (χ0) is 10.8. The number of unbranched alkanes of at least 4 members (excludes halogenated alkanes) is 3. The summed E-state index contributed by atoms with van der Waals surface area (Å²) in [5.74, 6) is 0.321. The van der Waals surface area contributed by atoms with Crippen LogP contribution in [0.25, 0.3) is 0 Å². The van der Waals surface area contributed by atoms with Gasteiger partial charge in [-0.2, -0.15) is 12.6 Å². The first-order chi connectivity index (χ1) is 6.72. The first-order valence-corrected chi connectivity index (χ1v) is 5.88. The first kappa shape index (κ1) is 13.8. The predicted octanol–water partition coefficient (Wildman–Crippen LogP) is 1.76. The fourth-order valence-electron chi connectivity index (χ4n) is 1.07. The molecule has 0 amide bonds. The molecule has 0 aliphatic heterocycles. The van der Waals surface area contributed by atoms with E-state index >= 15 is 0 Å². The average molecular weight is 219 g/mol. The highest BCUT2D eigenvalue weighted by Crippen LogP contribution is 2.00. The summed E-state index contributed by atoms with van der Waals surface area (Å²) in [6, 6.07) is -0.501. The Balaban J connectivity index is 3.34. The molecular weight excluding hydrogens is 198 g/mol. The number of esters is 1. The van der Waals surface area contributed by atoms with Crippen LogP contribution in [0.2, 0.25) is 0 Å². The van der Waals surface area contributed by atoms with Crippen molar-refractivity contribution in [3.05, 3.63) is 0 Å². The summed E-state index contributed by atoms with van der Waals surface area (Å²) in [7, 11) is 0. The molecule has 0 bridgehead atoms. The van der Waals surface area contributed by atoms with Gasteiger partial charge in [-0.1, -0.05) is 26.2 Å². The molecule has 0 aromatic carbocycles. The van der Waals surface area contributed by atoms with Gasteiger partial charge in [0.2, 0.25) is 0 Å². The van der Waals surface area contributed by atoms with Crippen molar-refractivity contribution in [3.63, 3.8) is 0 Å². The van der Waals surface area contributed by atoms with Crippen molar-refractivity contribution in [1.29, 1.82) is 0 Å². The minimum Gasteiger partial charge on any atom is -0.465 e. The van der Waals surface area contributed by atoms with Crippen LogP contribution >= 0.6 is 12.6 Å². The van der Waals surface area contributed by atoms with E-state index in [2.05, 4.69) is 19.6 Å². The van der Waals surface area contributed by atoms with Gasteiger partial charge >= 0.3 is 5.97 Å². The molecule has 0 unspecified atom stereocenters. The van der Waals surface area contributed by atoms with Crippen molar-refractivity contribution in [2.75, 3.05) is 12.4 Å². The number of ether oxygens (including phenoxy) is 1. The fraction of sp³-hybridized carbons (Fsp3) is 0.900. The monoisotopic (exact) mass is 219 g/mol. The summed E-state index contributed by atoms with van der Waals surface area (Å²) < 4.78 is 5.01. The zero-order valence-electron chi connectivity index (χ0n) is 8.87. The third-order valence-corrected chi connectivity index (χ3v) is 2.24. The van der Waals surface area contributed by atoms with Gasteiger partial charge in [0, 0.05) is 0 Å². The van der Waals surface area contributed by atoms with E-state index in [0.717, 1.165) is 12.8 Å². The summed E-state index contributed by atoms with van der Waals surface area (Å²) in [4.78, 5) is 11.2. The summed E-state index contributed by atoms with van der Waals surface area (Å²) in [5, 5.41) is 0. The standard InChI is InChI=1S/C10H21NO2S/c1-2-3-4-5-7-13-10(12)9(11)6-8-14/h9,14H,2-8,11H2,1H3/t9-/m0/s1. The van der Waals surface area contributed by atoms with Crippen molar-refractivity contribution in [3.8, 4) is 0 Å². The lowest BCUT2D eigenvalue weighted by Gasteiger charge is -2.09. The molecule has 0 radical (unpaired) electrons. The maximum Gasteiger partial charge on any atom is 0.322 e. The largest absolute Gasteiger partial charge is 0.465 e. The van der Waals surface area contributed by atoms with E-state index in [4.69, 9.17) is 10.5 Å². The molecule has 0 aliphatic rings. The lowest BCUT2D eigenvalue weighted by molar-refractivity contribution is -0.145. The first-order valence-electron chi connectivity index (χ1n) is 5.25. The van der Waals surface area contributed by atoms with E-state index in [9.17, 15) is 4.79 Å². The summed E-state index contributed by atoms with van der Waals surface area (Å²) in [6.07, 6.45) is 5.02. The van der Waals surface area contributed by atoms with Crippen LogP contribution in [0.15, 0.2) is 0 Å². The number of hydrogen-bond donors (Lipinski definition) is 2. The number of carbonyl (C=O) groups is 1. The molecule has 0 aromatic rings. The molecular formula is C10H21NO2S. The Kier molecular flexibility index (Phi) is 9.19. The summed E-state index contributed by atoms with van der Waals surface area (Å²) in [5.41, 5.74) is 5.55. The summed E-state index contributed by atoms with van der Waals surface area (Å²) >= 11 is 4.00. The van der Waals surface area contributed by atoms with Crippen LogP contribution in [0.4, 0.5) is 0 Å². The highest BCUT2D eigenvalue weighted by atomic mass is 32.1. The second-order valence-corrected chi connectivity index (χ2v) is 3.79. The van der Waals surface area contributed by atoms with Crippen LogP contribution in [0.5, 0.6) is 0 Å². The molecule has 3 nitrogen and oxygen atoms in total. The van der Waals surface area contributed by atoms with Gasteiger partial charge in [0.15, 0.2) is 0 Å². The quantitative estimate of drug-likeness (QED) is 0.371. The van der Waals surface area contributed by atoms with Crippen molar-refractivity contribution in [1.82, 2.24) is 0 Å². The highest BCUT2D eigenvalue weighted by molar-refractivity contribution is 7.80. The van der Waals surface area contributed by atoms with Crippen molar-refractivity contribution in [2.45, 2.75) is 45.1 Å². The predicted molar refractivity (Wildman–Crippen MR) is 61.5 cm³/mol. The lowest BCUT2D eigenvalue weighted by Crippen LogP contribution is -2.32. The maximum absolute atomic E-state index is 11.2. The molecule has 0 heterocycles. The van der Waals surface area contributed by atoms with E-state index in [1.807, 2.05) is 0 Å². The minimum atomic E-state index is -0.501. The highest BCUT2D eigenvalue weighted by Gasteiger charge is 2.12. The normalized spacial score (nSPS) is 12.5. The van der Waals surface area contributed by atoms with E-state index in [1.165, 1.54) is 12.8 Å². The molecule has 0 aromatic heterocycles. The molecule has 0 fully saturated rings. The Bertz CT molecular complexity index is 153. The number of carbonyl (C=O) groups excluding carboxylic acids is 1.